The highest BCUT2D eigenvalue weighted by Gasteiger charge is 2.19. The van der Waals surface area contributed by atoms with E-state index in [1.165, 1.54) is 22.1 Å². The molecule has 0 unspecified atom stereocenters. The van der Waals surface area contributed by atoms with Crippen molar-refractivity contribution < 1.29 is 14.0 Å². The summed E-state index contributed by atoms with van der Waals surface area (Å²) < 4.78 is 7.86. The van der Waals surface area contributed by atoms with E-state index < -0.39 is 11.8 Å². The van der Waals surface area contributed by atoms with Crippen LogP contribution >= 0.6 is 11.3 Å². The van der Waals surface area contributed by atoms with Crippen molar-refractivity contribution in [3.05, 3.63) is 82.5 Å². The fourth-order valence-electron chi connectivity index (χ4n) is 3.40. The molecule has 0 saturated heterocycles. The van der Waals surface area contributed by atoms with Crippen molar-refractivity contribution in [3.8, 4) is 10.8 Å². The van der Waals surface area contributed by atoms with Crippen molar-refractivity contribution in [2.45, 2.75) is 13.5 Å². The Kier molecular flexibility index (Phi) is 5.19. The maximum Gasteiger partial charge on any atom is 0.305 e. The fraction of sp³-hybridized carbons (Fsp3) is 0.0870. The van der Waals surface area contributed by atoms with E-state index >= 15 is 0 Å². The Morgan fingerprint density at radius 1 is 0.970 bits per heavy atom. The smallest absolute Gasteiger partial charge is 0.305 e. The molecule has 0 saturated carbocycles. The molecule has 5 rings (SSSR count). The minimum Gasteiger partial charge on any atom is -0.448 e. The average molecular weight is 459 g/mol. The SMILES string of the molecule is CCn1nc(C(=O)NNC(=O)c2ccc(-c3nc4ccccc4s3)o2)c2ccccc2c1=O. The second-order valence-corrected chi connectivity index (χ2v) is 8.10. The number of amides is 2. The predicted octanol–water partition coefficient (Wildman–Crippen LogP) is 3.36. The molecule has 164 valence electrons. The van der Waals surface area contributed by atoms with E-state index in [1.807, 2.05) is 24.3 Å². The van der Waals surface area contributed by atoms with Crippen molar-refractivity contribution in [2.75, 3.05) is 0 Å². The molecule has 0 aliphatic carbocycles. The maximum absolute atomic E-state index is 12.8. The number of nitrogens with one attached hydrogen (secondary N) is 2. The number of hydrogen-bond donors (Lipinski definition) is 2. The molecule has 0 aliphatic heterocycles. The first kappa shape index (κ1) is 20.6. The topological polar surface area (TPSA) is 119 Å². The number of benzene rings is 2. The van der Waals surface area contributed by atoms with Gasteiger partial charge in [0, 0.05) is 11.9 Å². The van der Waals surface area contributed by atoms with Gasteiger partial charge in [-0.25, -0.2) is 9.67 Å². The molecule has 3 heterocycles. The highest BCUT2D eigenvalue weighted by atomic mass is 32.1. The number of carbonyl (C=O) groups excluding carboxylic acids is 2. The van der Waals surface area contributed by atoms with Gasteiger partial charge in [-0.1, -0.05) is 30.3 Å². The van der Waals surface area contributed by atoms with Crippen molar-refractivity contribution in [2.24, 2.45) is 0 Å². The third-order valence-corrected chi connectivity index (χ3v) is 6.06. The van der Waals surface area contributed by atoms with Crippen molar-refractivity contribution in [1.82, 2.24) is 25.6 Å². The number of furan rings is 1. The molecule has 2 N–H and O–H groups in total. The van der Waals surface area contributed by atoms with Crippen LogP contribution in [-0.4, -0.2) is 26.6 Å². The molecule has 3 aromatic heterocycles. The van der Waals surface area contributed by atoms with Crippen LogP contribution in [0.3, 0.4) is 0 Å². The van der Waals surface area contributed by atoms with Gasteiger partial charge in [-0.3, -0.25) is 25.2 Å². The summed E-state index contributed by atoms with van der Waals surface area (Å²) in [5, 5.41) is 5.57. The molecule has 2 aromatic carbocycles. The largest absolute Gasteiger partial charge is 0.448 e. The highest BCUT2D eigenvalue weighted by Crippen LogP contribution is 2.31. The first-order valence-corrected chi connectivity index (χ1v) is 10.9. The summed E-state index contributed by atoms with van der Waals surface area (Å²) in [6, 6.07) is 17.6. The molecule has 0 spiro atoms. The lowest BCUT2D eigenvalue weighted by Gasteiger charge is -2.10. The van der Waals surface area contributed by atoms with Gasteiger partial charge in [-0.2, -0.15) is 5.10 Å². The van der Waals surface area contributed by atoms with E-state index in [4.69, 9.17) is 4.42 Å². The summed E-state index contributed by atoms with van der Waals surface area (Å²) in [5.74, 6) is -0.820. The average Bonchev–Trinajstić information content (AvgIpc) is 3.50. The van der Waals surface area contributed by atoms with Gasteiger partial charge in [0.2, 0.25) is 0 Å². The van der Waals surface area contributed by atoms with Crippen LogP contribution < -0.4 is 16.4 Å². The zero-order chi connectivity index (χ0) is 22.9. The summed E-state index contributed by atoms with van der Waals surface area (Å²) in [6.45, 7) is 2.06. The van der Waals surface area contributed by atoms with Gasteiger partial charge in [-0.15, -0.1) is 11.3 Å². The number of rotatable bonds is 4. The molecule has 33 heavy (non-hydrogen) atoms. The van der Waals surface area contributed by atoms with Gasteiger partial charge in [0.1, 0.15) is 0 Å². The molecule has 5 aromatic rings. The second-order valence-electron chi connectivity index (χ2n) is 7.07. The van der Waals surface area contributed by atoms with E-state index in [9.17, 15) is 14.4 Å². The number of carbonyl (C=O) groups is 2. The zero-order valence-electron chi connectivity index (χ0n) is 17.4. The standard InChI is InChI=1S/C23H17N5O4S/c1-2-28-23(31)14-8-4-3-7-13(14)19(27-28)21(30)26-25-20(29)16-11-12-17(32-16)22-24-15-9-5-6-10-18(15)33-22/h3-12H,2H2,1H3,(H,25,29)(H,26,30). The van der Waals surface area contributed by atoms with Gasteiger partial charge < -0.3 is 4.42 Å². The monoisotopic (exact) mass is 459 g/mol. The number of hydrogen-bond acceptors (Lipinski definition) is 7. The van der Waals surface area contributed by atoms with Crippen LogP contribution in [0.5, 0.6) is 0 Å². The molecule has 0 fully saturated rings. The summed E-state index contributed by atoms with van der Waals surface area (Å²) >= 11 is 1.45. The number of thiazole rings is 1. The van der Waals surface area contributed by atoms with Crippen LogP contribution in [0.2, 0.25) is 0 Å². The number of hydrazine groups is 1. The highest BCUT2D eigenvalue weighted by molar-refractivity contribution is 7.21. The van der Waals surface area contributed by atoms with Crippen LogP contribution in [0.25, 0.3) is 31.8 Å². The molecule has 2 amide bonds. The molecular weight excluding hydrogens is 442 g/mol. The molecular formula is C23H17N5O4S. The van der Waals surface area contributed by atoms with Crippen molar-refractivity contribution in [1.29, 1.82) is 0 Å². The Morgan fingerprint density at radius 3 is 2.48 bits per heavy atom. The summed E-state index contributed by atoms with van der Waals surface area (Å²) in [4.78, 5) is 42.2. The lowest BCUT2D eigenvalue weighted by molar-refractivity contribution is 0.0828. The van der Waals surface area contributed by atoms with Crippen LogP contribution in [0.15, 0.2) is 69.9 Å². The molecule has 10 heteroatoms. The zero-order valence-corrected chi connectivity index (χ0v) is 18.2. The molecule has 0 bridgehead atoms. The first-order valence-electron chi connectivity index (χ1n) is 10.1. The summed E-state index contributed by atoms with van der Waals surface area (Å²) in [7, 11) is 0. The summed E-state index contributed by atoms with van der Waals surface area (Å²) in [5.41, 5.74) is 5.26. The molecule has 0 atom stereocenters. The van der Waals surface area contributed by atoms with Crippen molar-refractivity contribution in [3.63, 3.8) is 0 Å². The Morgan fingerprint density at radius 2 is 1.70 bits per heavy atom. The molecule has 0 radical (unpaired) electrons. The number of fused-ring (bicyclic) bond motifs is 2. The number of para-hydroxylation sites is 1. The lowest BCUT2D eigenvalue weighted by Crippen LogP contribution is -2.42. The Labute approximate surface area is 190 Å². The Bertz CT molecular complexity index is 1550. The van der Waals surface area contributed by atoms with Crippen molar-refractivity contribution >= 4 is 44.1 Å². The maximum atomic E-state index is 12.8. The van der Waals surface area contributed by atoms with Gasteiger partial charge in [0.05, 0.1) is 15.6 Å². The van der Waals surface area contributed by atoms with E-state index in [2.05, 4.69) is 20.9 Å². The van der Waals surface area contributed by atoms with Crippen LogP contribution in [0.1, 0.15) is 28.0 Å². The number of nitrogens with zero attached hydrogens (tertiary/aromatic N) is 3. The van der Waals surface area contributed by atoms with Crippen LogP contribution in [0.4, 0.5) is 0 Å². The van der Waals surface area contributed by atoms with E-state index in [-0.39, 0.29) is 17.0 Å². The second kappa shape index (κ2) is 8.32. The third kappa shape index (κ3) is 3.76. The number of aromatic nitrogens is 3. The molecule has 0 aliphatic rings. The Balaban J connectivity index is 1.34. The van der Waals surface area contributed by atoms with Gasteiger partial charge in [0.15, 0.2) is 22.2 Å². The molecule has 9 nitrogen and oxygen atoms in total. The lowest BCUT2D eigenvalue weighted by atomic mass is 10.1. The van der Waals surface area contributed by atoms with E-state index in [0.717, 1.165) is 10.2 Å². The van der Waals surface area contributed by atoms with E-state index in [0.29, 0.717) is 28.1 Å². The quantitative estimate of drug-likeness (QED) is 0.398. The van der Waals surface area contributed by atoms with Gasteiger partial charge in [0.25, 0.3) is 11.5 Å². The Hall–Kier alpha value is -4.31. The van der Waals surface area contributed by atoms with E-state index in [1.54, 1.807) is 37.3 Å². The fourth-order valence-corrected chi connectivity index (χ4v) is 4.33. The predicted molar refractivity (Wildman–Crippen MR) is 124 cm³/mol. The minimum absolute atomic E-state index is 0.0147. The van der Waals surface area contributed by atoms with Crippen LogP contribution in [0, 0.1) is 0 Å². The van der Waals surface area contributed by atoms with Gasteiger partial charge >= 0.3 is 5.91 Å². The van der Waals surface area contributed by atoms with Gasteiger partial charge in [-0.05, 0) is 37.3 Å². The minimum atomic E-state index is -0.653. The normalized spacial score (nSPS) is 11.1. The third-order valence-electron chi connectivity index (χ3n) is 5.01. The first-order chi connectivity index (χ1) is 16.0. The summed E-state index contributed by atoms with van der Waals surface area (Å²) in [6.07, 6.45) is 0. The number of aryl methyl sites for hydroxylation is 1. The van der Waals surface area contributed by atoms with Crippen LogP contribution in [-0.2, 0) is 6.54 Å².